The lowest BCUT2D eigenvalue weighted by Gasteiger charge is -2.25. The molecule has 1 aromatic carbocycles. The Hall–Kier alpha value is -1.92. The summed E-state index contributed by atoms with van der Waals surface area (Å²) < 4.78 is 5.52. The molecule has 0 saturated carbocycles. The lowest BCUT2D eigenvalue weighted by atomic mass is 10.1. The Morgan fingerprint density at radius 2 is 2.00 bits per heavy atom. The van der Waals surface area contributed by atoms with Crippen LogP contribution in [0.3, 0.4) is 0 Å². The number of nitrogens with one attached hydrogen (secondary N) is 1. The number of amides is 1. The predicted molar refractivity (Wildman–Crippen MR) is 101 cm³/mol. The molecule has 1 amide bonds. The van der Waals surface area contributed by atoms with Crippen molar-refractivity contribution in [2.75, 3.05) is 25.0 Å². The number of thiazole rings is 1. The Bertz CT molecular complexity index is 678. The van der Waals surface area contributed by atoms with Crippen molar-refractivity contribution in [3.05, 3.63) is 40.9 Å². The zero-order valence-electron chi connectivity index (χ0n) is 14.7. The molecule has 0 atom stereocenters. The molecule has 2 heterocycles. The van der Waals surface area contributed by atoms with E-state index in [-0.39, 0.29) is 12.5 Å². The summed E-state index contributed by atoms with van der Waals surface area (Å²) in [6.45, 7) is 5.25. The number of likely N-dealkylation sites (tertiary alicyclic amines) is 1. The normalized spacial score (nSPS) is 15.1. The van der Waals surface area contributed by atoms with Crippen LogP contribution in [0.1, 0.15) is 37.4 Å². The maximum Gasteiger partial charge on any atom is 0.264 e. The third-order valence-electron chi connectivity index (χ3n) is 4.33. The van der Waals surface area contributed by atoms with Gasteiger partial charge in [-0.2, -0.15) is 0 Å². The van der Waals surface area contributed by atoms with Gasteiger partial charge in [0.15, 0.2) is 11.7 Å². The fraction of sp³-hybridized carbons (Fsp3) is 0.474. The Morgan fingerprint density at radius 1 is 1.24 bits per heavy atom. The number of benzene rings is 1. The van der Waals surface area contributed by atoms with Gasteiger partial charge in [-0.25, -0.2) is 4.98 Å². The SMILES string of the molecule is CCc1ccc(OCC(=O)Nc2nc(CN3CCCCC3)cs2)cc1. The molecule has 1 aliphatic rings. The second kappa shape index (κ2) is 8.97. The van der Waals surface area contributed by atoms with Gasteiger partial charge in [0.05, 0.1) is 5.69 Å². The van der Waals surface area contributed by atoms with E-state index in [0.717, 1.165) is 31.7 Å². The average molecular weight is 359 g/mol. The van der Waals surface area contributed by atoms with Crippen LogP contribution in [0.4, 0.5) is 5.13 Å². The molecule has 134 valence electrons. The Morgan fingerprint density at radius 3 is 2.72 bits per heavy atom. The Labute approximate surface area is 153 Å². The van der Waals surface area contributed by atoms with Crippen LogP contribution in [-0.2, 0) is 17.8 Å². The molecule has 1 saturated heterocycles. The van der Waals surface area contributed by atoms with Gasteiger partial charge in [-0.3, -0.25) is 15.0 Å². The van der Waals surface area contributed by atoms with E-state index in [1.165, 1.54) is 36.2 Å². The van der Waals surface area contributed by atoms with Gasteiger partial charge in [-0.1, -0.05) is 25.5 Å². The number of anilines is 1. The third-order valence-corrected chi connectivity index (χ3v) is 5.14. The zero-order valence-corrected chi connectivity index (χ0v) is 15.5. The van der Waals surface area contributed by atoms with Crippen LogP contribution in [0.25, 0.3) is 0 Å². The van der Waals surface area contributed by atoms with Crippen molar-refractivity contribution < 1.29 is 9.53 Å². The summed E-state index contributed by atoms with van der Waals surface area (Å²) in [7, 11) is 0. The number of carbonyl (C=O) groups excluding carboxylic acids is 1. The van der Waals surface area contributed by atoms with Gasteiger partial charge in [0, 0.05) is 11.9 Å². The minimum absolute atomic E-state index is 0.00743. The van der Waals surface area contributed by atoms with Gasteiger partial charge in [0.1, 0.15) is 5.75 Å². The van der Waals surface area contributed by atoms with E-state index >= 15 is 0 Å². The van der Waals surface area contributed by atoms with E-state index in [1.54, 1.807) is 0 Å². The minimum atomic E-state index is -0.182. The monoisotopic (exact) mass is 359 g/mol. The number of rotatable bonds is 7. The van der Waals surface area contributed by atoms with Crippen molar-refractivity contribution in [1.82, 2.24) is 9.88 Å². The van der Waals surface area contributed by atoms with Gasteiger partial charge < -0.3 is 4.74 Å². The standard InChI is InChI=1S/C19H25N3O2S/c1-2-15-6-8-17(9-7-15)24-13-18(23)21-19-20-16(14-25-19)12-22-10-4-3-5-11-22/h6-9,14H,2-5,10-13H2,1H3,(H,20,21,23). The van der Waals surface area contributed by atoms with E-state index in [0.29, 0.717) is 10.9 Å². The molecule has 1 N–H and O–H groups in total. The van der Waals surface area contributed by atoms with E-state index in [9.17, 15) is 4.79 Å². The van der Waals surface area contributed by atoms with Crippen molar-refractivity contribution >= 4 is 22.4 Å². The maximum absolute atomic E-state index is 12.0. The number of aromatic nitrogens is 1. The molecule has 2 aromatic rings. The summed E-state index contributed by atoms with van der Waals surface area (Å²) in [5.41, 5.74) is 2.28. The number of carbonyl (C=O) groups is 1. The highest BCUT2D eigenvalue weighted by molar-refractivity contribution is 7.13. The molecule has 0 unspecified atom stereocenters. The molecule has 0 bridgehead atoms. The van der Waals surface area contributed by atoms with E-state index in [1.807, 2.05) is 29.6 Å². The second-order valence-electron chi connectivity index (χ2n) is 6.32. The average Bonchev–Trinajstić information content (AvgIpc) is 3.08. The molecular weight excluding hydrogens is 334 g/mol. The van der Waals surface area contributed by atoms with Crippen molar-refractivity contribution in [1.29, 1.82) is 0 Å². The summed E-state index contributed by atoms with van der Waals surface area (Å²) in [5.74, 6) is 0.524. The van der Waals surface area contributed by atoms with Crippen molar-refractivity contribution in [3.8, 4) is 5.75 Å². The molecular formula is C19H25N3O2S. The van der Waals surface area contributed by atoms with Crippen molar-refractivity contribution in [2.45, 2.75) is 39.2 Å². The lowest BCUT2D eigenvalue weighted by Crippen LogP contribution is -2.29. The number of hydrogen-bond acceptors (Lipinski definition) is 5. The van der Waals surface area contributed by atoms with Crippen molar-refractivity contribution in [3.63, 3.8) is 0 Å². The molecule has 1 fully saturated rings. The Kier molecular flexibility index (Phi) is 6.42. The molecule has 5 nitrogen and oxygen atoms in total. The zero-order chi connectivity index (χ0) is 17.5. The number of nitrogens with zero attached hydrogens (tertiary/aromatic N) is 2. The van der Waals surface area contributed by atoms with Gasteiger partial charge in [-0.15, -0.1) is 11.3 Å². The largest absolute Gasteiger partial charge is 0.484 e. The van der Waals surface area contributed by atoms with Gasteiger partial charge in [-0.05, 0) is 50.0 Å². The summed E-state index contributed by atoms with van der Waals surface area (Å²) in [4.78, 5) is 19.0. The lowest BCUT2D eigenvalue weighted by molar-refractivity contribution is -0.118. The summed E-state index contributed by atoms with van der Waals surface area (Å²) in [6.07, 6.45) is 4.86. The summed E-state index contributed by atoms with van der Waals surface area (Å²) >= 11 is 1.47. The van der Waals surface area contributed by atoms with Crippen LogP contribution in [0.5, 0.6) is 5.75 Å². The summed E-state index contributed by atoms with van der Waals surface area (Å²) in [6, 6.07) is 7.82. The molecule has 3 rings (SSSR count). The Balaban J connectivity index is 1.44. The van der Waals surface area contributed by atoms with Crippen LogP contribution in [0, 0.1) is 0 Å². The van der Waals surface area contributed by atoms with Crippen LogP contribution in [0.15, 0.2) is 29.6 Å². The maximum atomic E-state index is 12.0. The first-order valence-corrected chi connectivity index (χ1v) is 9.79. The molecule has 1 aromatic heterocycles. The summed E-state index contributed by atoms with van der Waals surface area (Å²) in [5, 5.41) is 5.48. The van der Waals surface area contributed by atoms with Crippen LogP contribution < -0.4 is 10.1 Å². The van der Waals surface area contributed by atoms with E-state index < -0.39 is 0 Å². The van der Waals surface area contributed by atoms with Gasteiger partial charge >= 0.3 is 0 Å². The first kappa shape index (κ1) is 17.9. The third kappa shape index (κ3) is 5.54. The molecule has 6 heteroatoms. The number of ether oxygens (including phenoxy) is 1. The number of hydrogen-bond donors (Lipinski definition) is 1. The van der Waals surface area contributed by atoms with Crippen molar-refractivity contribution in [2.24, 2.45) is 0 Å². The fourth-order valence-electron chi connectivity index (χ4n) is 2.91. The molecule has 0 radical (unpaired) electrons. The first-order valence-electron chi connectivity index (χ1n) is 8.91. The predicted octanol–water partition coefficient (Wildman–Crippen LogP) is 3.71. The topological polar surface area (TPSA) is 54.5 Å². The number of aryl methyl sites for hydroxylation is 1. The fourth-order valence-corrected chi connectivity index (χ4v) is 3.63. The molecule has 25 heavy (non-hydrogen) atoms. The van der Waals surface area contributed by atoms with E-state index in [2.05, 4.69) is 22.1 Å². The highest BCUT2D eigenvalue weighted by Crippen LogP contribution is 2.19. The molecule has 0 aliphatic carbocycles. The van der Waals surface area contributed by atoms with Crippen LogP contribution in [-0.4, -0.2) is 35.5 Å². The molecule has 1 aliphatic heterocycles. The van der Waals surface area contributed by atoms with Gasteiger partial charge in [0.25, 0.3) is 5.91 Å². The molecule has 0 spiro atoms. The van der Waals surface area contributed by atoms with Gasteiger partial charge in [0.2, 0.25) is 0 Å². The van der Waals surface area contributed by atoms with Crippen LogP contribution in [0.2, 0.25) is 0 Å². The first-order chi connectivity index (χ1) is 12.2. The quantitative estimate of drug-likeness (QED) is 0.819. The smallest absolute Gasteiger partial charge is 0.264 e. The highest BCUT2D eigenvalue weighted by atomic mass is 32.1. The highest BCUT2D eigenvalue weighted by Gasteiger charge is 2.13. The minimum Gasteiger partial charge on any atom is -0.484 e. The van der Waals surface area contributed by atoms with Crippen LogP contribution >= 0.6 is 11.3 Å². The second-order valence-corrected chi connectivity index (χ2v) is 7.17. The number of piperidine rings is 1. The van der Waals surface area contributed by atoms with E-state index in [4.69, 9.17) is 4.74 Å².